The number of amides is 1. The molecule has 1 amide bonds. The van der Waals surface area contributed by atoms with Crippen molar-refractivity contribution >= 4 is 23.2 Å². The Kier molecular flexibility index (Phi) is 2.62. The van der Waals surface area contributed by atoms with Crippen molar-refractivity contribution in [1.82, 2.24) is 9.88 Å². The maximum absolute atomic E-state index is 12.0. The summed E-state index contributed by atoms with van der Waals surface area (Å²) in [6.07, 6.45) is 2.08. The fraction of sp³-hybridized carbons (Fsp3) is 0.583. The molecule has 2 heterocycles. The van der Waals surface area contributed by atoms with Crippen LogP contribution in [-0.4, -0.2) is 32.9 Å². The van der Waals surface area contributed by atoms with Crippen molar-refractivity contribution in [2.45, 2.75) is 38.3 Å². The zero-order valence-corrected chi connectivity index (χ0v) is 10.8. The van der Waals surface area contributed by atoms with Crippen LogP contribution in [0.5, 0.6) is 0 Å². The summed E-state index contributed by atoms with van der Waals surface area (Å²) >= 11 is 1.45. The number of rotatable bonds is 3. The second-order valence-corrected chi connectivity index (χ2v) is 5.84. The summed E-state index contributed by atoms with van der Waals surface area (Å²) in [7, 11) is 0. The lowest BCUT2D eigenvalue weighted by molar-refractivity contribution is -0.142. The van der Waals surface area contributed by atoms with Gasteiger partial charge in [-0.3, -0.25) is 9.59 Å². The summed E-state index contributed by atoms with van der Waals surface area (Å²) in [5, 5.41) is 12.0. The molecule has 2 atom stereocenters. The number of carboxylic acid groups (broad SMARTS) is 1. The lowest BCUT2D eigenvalue weighted by Gasteiger charge is -2.24. The Bertz CT molecular complexity index is 509. The normalized spacial score (nSPS) is 27.8. The van der Waals surface area contributed by atoms with E-state index in [2.05, 4.69) is 4.98 Å². The molecular formula is C12H14N2O3S. The molecule has 1 aliphatic heterocycles. The van der Waals surface area contributed by atoms with Gasteiger partial charge >= 0.3 is 5.97 Å². The average molecular weight is 266 g/mol. The number of likely N-dealkylation sites (tertiary alicyclic amines) is 1. The predicted molar refractivity (Wildman–Crippen MR) is 65.2 cm³/mol. The van der Waals surface area contributed by atoms with E-state index < -0.39 is 11.9 Å². The molecule has 1 N–H and O–H groups in total. The Morgan fingerprint density at radius 3 is 2.78 bits per heavy atom. The summed E-state index contributed by atoms with van der Waals surface area (Å²) in [5.74, 6) is -1.59. The van der Waals surface area contributed by atoms with E-state index in [-0.39, 0.29) is 24.4 Å². The van der Waals surface area contributed by atoms with E-state index in [0.717, 1.165) is 23.5 Å². The number of aliphatic carboxylic acids is 1. The number of thiazole rings is 1. The Labute approximate surface area is 108 Å². The molecule has 2 unspecified atom stereocenters. The van der Waals surface area contributed by atoms with Crippen LogP contribution in [-0.2, 0) is 9.59 Å². The average Bonchev–Trinajstić information content (AvgIpc) is 2.95. The number of aromatic nitrogens is 1. The van der Waals surface area contributed by atoms with E-state index in [0.29, 0.717) is 0 Å². The van der Waals surface area contributed by atoms with Gasteiger partial charge in [-0.15, -0.1) is 11.3 Å². The van der Waals surface area contributed by atoms with Crippen LogP contribution in [0.3, 0.4) is 0 Å². The van der Waals surface area contributed by atoms with Crippen LogP contribution in [0.15, 0.2) is 5.38 Å². The third-order valence-corrected chi connectivity index (χ3v) is 4.54. The van der Waals surface area contributed by atoms with Gasteiger partial charge in [0.15, 0.2) is 0 Å². The van der Waals surface area contributed by atoms with Gasteiger partial charge in [0.25, 0.3) is 0 Å². The van der Waals surface area contributed by atoms with Crippen LogP contribution in [0, 0.1) is 12.8 Å². The van der Waals surface area contributed by atoms with Gasteiger partial charge in [0.2, 0.25) is 5.91 Å². The Hall–Kier alpha value is -1.43. The molecule has 2 aliphatic rings. The molecule has 3 rings (SSSR count). The maximum atomic E-state index is 12.0. The lowest BCUT2D eigenvalue weighted by atomic mass is 10.0. The van der Waals surface area contributed by atoms with Crippen molar-refractivity contribution in [1.29, 1.82) is 0 Å². The van der Waals surface area contributed by atoms with Gasteiger partial charge in [-0.2, -0.15) is 0 Å². The number of carbonyl (C=O) groups excluding carboxylic acids is 1. The van der Waals surface area contributed by atoms with Crippen LogP contribution in [0.25, 0.3) is 0 Å². The molecular weight excluding hydrogens is 252 g/mol. The third kappa shape index (κ3) is 1.80. The highest BCUT2D eigenvalue weighted by Crippen LogP contribution is 2.45. The quantitative estimate of drug-likeness (QED) is 0.902. The van der Waals surface area contributed by atoms with Gasteiger partial charge in [0.1, 0.15) is 5.01 Å². The zero-order chi connectivity index (χ0) is 12.9. The molecule has 1 aromatic rings. The first-order valence-corrected chi connectivity index (χ1v) is 6.92. The summed E-state index contributed by atoms with van der Waals surface area (Å²) in [5.41, 5.74) is 0.884. The van der Waals surface area contributed by atoms with E-state index >= 15 is 0 Å². The summed E-state index contributed by atoms with van der Waals surface area (Å²) in [6, 6.07) is -0.128. The number of hydrogen-bond donors (Lipinski definition) is 1. The van der Waals surface area contributed by atoms with Crippen LogP contribution in [0.1, 0.15) is 36.0 Å². The lowest BCUT2D eigenvalue weighted by Crippen LogP contribution is -2.32. The minimum Gasteiger partial charge on any atom is -0.481 e. The zero-order valence-electron chi connectivity index (χ0n) is 10.00. The fourth-order valence-corrected chi connectivity index (χ4v) is 3.52. The first kappa shape index (κ1) is 11.6. The van der Waals surface area contributed by atoms with Gasteiger partial charge in [-0.25, -0.2) is 4.98 Å². The van der Waals surface area contributed by atoms with Crippen molar-refractivity contribution in [2.24, 2.45) is 5.92 Å². The topological polar surface area (TPSA) is 70.5 Å². The van der Waals surface area contributed by atoms with Crippen molar-refractivity contribution in [3.63, 3.8) is 0 Å². The maximum Gasteiger partial charge on any atom is 0.309 e. The molecule has 2 fully saturated rings. The van der Waals surface area contributed by atoms with Crippen LogP contribution < -0.4 is 0 Å². The molecule has 6 heteroatoms. The molecule has 1 aromatic heterocycles. The van der Waals surface area contributed by atoms with Crippen molar-refractivity contribution in [3.05, 3.63) is 16.1 Å². The minimum atomic E-state index is -0.899. The fourth-order valence-electron chi connectivity index (χ4n) is 2.56. The van der Waals surface area contributed by atoms with Gasteiger partial charge in [-0.1, -0.05) is 0 Å². The van der Waals surface area contributed by atoms with Crippen molar-refractivity contribution in [2.75, 3.05) is 0 Å². The van der Waals surface area contributed by atoms with Gasteiger partial charge < -0.3 is 10.0 Å². The van der Waals surface area contributed by atoms with Crippen LogP contribution in [0.4, 0.5) is 0 Å². The molecule has 1 aliphatic carbocycles. The highest BCUT2D eigenvalue weighted by Gasteiger charge is 2.51. The molecule has 0 spiro atoms. The monoisotopic (exact) mass is 266 g/mol. The van der Waals surface area contributed by atoms with E-state index in [4.69, 9.17) is 0 Å². The minimum absolute atomic E-state index is 0.0391. The summed E-state index contributed by atoms with van der Waals surface area (Å²) in [6.45, 7) is 1.88. The molecule has 18 heavy (non-hydrogen) atoms. The summed E-state index contributed by atoms with van der Waals surface area (Å²) < 4.78 is 0. The van der Waals surface area contributed by atoms with Gasteiger partial charge in [0.05, 0.1) is 12.0 Å². The van der Waals surface area contributed by atoms with Gasteiger partial charge in [-0.05, 0) is 19.8 Å². The summed E-state index contributed by atoms with van der Waals surface area (Å²) in [4.78, 5) is 29.5. The van der Waals surface area contributed by atoms with E-state index in [9.17, 15) is 14.7 Å². The molecule has 96 valence electrons. The van der Waals surface area contributed by atoms with E-state index in [1.165, 1.54) is 11.3 Å². The second-order valence-electron chi connectivity index (χ2n) is 4.95. The number of aryl methyl sites for hydroxylation is 1. The van der Waals surface area contributed by atoms with Crippen LogP contribution in [0.2, 0.25) is 0 Å². The standard InChI is InChI=1S/C12H14N2O3S/c1-6-5-18-11(13-6)10-8(12(16)17)4-9(15)14(10)7-2-3-7/h5,7-8,10H,2-4H2,1H3,(H,16,17). The van der Waals surface area contributed by atoms with Crippen LogP contribution >= 0.6 is 11.3 Å². The molecule has 0 aromatic carbocycles. The SMILES string of the molecule is Cc1csc(C2C(C(=O)O)CC(=O)N2C2CC2)n1. The molecule has 5 nitrogen and oxygen atoms in total. The third-order valence-electron chi connectivity index (χ3n) is 3.51. The van der Waals surface area contributed by atoms with E-state index in [1.54, 1.807) is 4.90 Å². The Balaban J connectivity index is 1.98. The van der Waals surface area contributed by atoms with E-state index in [1.807, 2.05) is 12.3 Å². The van der Waals surface area contributed by atoms with Gasteiger partial charge in [0, 0.05) is 23.5 Å². The second kappa shape index (κ2) is 4.05. The molecule has 1 saturated heterocycles. The number of nitrogens with zero attached hydrogens (tertiary/aromatic N) is 2. The molecule has 1 saturated carbocycles. The first-order valence-electron chi connectivity index (χ1n) is 6.04. The van der Waals surface area contributed by atoms with Crippen molar-refractivity contribution in [3.8, 4) is 0 Å². The Morgan fingerprint density at radius 2 is 2.28 bits per heavy atom. The molecule has 0 radical (unpaired) electrons. The Morgan fingerprint density at radius 1 is 1.56 bits per heavy atom. The first-order chi connectivity index (χ1) is 8.58. The van der Waals surface area contributed by atoms with Crippen molar-refractivity contribution < 1.29 is 14.7 Å². The number of carbonyl (C=O) groups is 2. The smallest absolute Gasteiger partial charge is 0.309 e. The predicted octanol–water partition coefficient (Wildman–Crippen LogP) is 1.59. The highest BCUT2D eigenvalue weighted by molar-refractivity contribution is 7.09. The molecule has 0 bridgehead atoms. The number of carboxylic acids is 1. The number of hydrogen-bond acceptors (Lipinski definition) is 4. The highest BCUT2D eigenvalue weighted by atomic mass is 32.1. The largest absolute Gasteiger partial charge is 0.481 e.